The van der Waals surface area contributed by atoms with Crippen LogP contribution < -0.4 is 5.32 Å². The van der Waals surface area contributed by atoms with Crippen molar-refractivity contribution in [1.29, 1.82) is 0 Å². The fraction of sp³-hybridized carbons (Fsp3) is 0.762. The molecule has 28 heavy (non-hydrogen) atoms. The molecule has 2 aliphatic heterocycles. The Morgan fingerprint density at radius 3 is 2.57 bits per heavy atom. The SMILES string of the molecule is CCCCN1C(=O)C(CC(C)C)NC(=O)C12CCN(Cc1nc[nH]c1C)CC2. The summed E-state index contributed by atoms with van der Waals surface area (Å²) in [6.07, 6.45) is 5.75. The average Bonchev–Trinajstić information content (AvgIpc) is 3.06. The summed E-state index contributed by atoms with van der Waals surface area (Å²) in [6, 6.07) is -0.375. The number of hydrogen-bond donors (Lipinski definition) is 2. The van der Waals surface area contributed by atoms with Crippen LogP contribution in [0.4, 0.5) is 0 Å². The highest BCUT2D eigenvalue weighted by atomic mass is 16.2. The summed E-state index contributed by atoms with van der Waals surface area (Å²) in [5, 5.41) is 3.07. The third-order valence-electron chi connectivity index (χ3n) is 6.24. The van der Waals surface area contributed by atoms with E-state index in [1.54, 1.807) is 6.33 Å². The zero-order chi connectivity index (χ0) is 20.3. The molecule has 1 aromatic heterocycles. The fourth-order valence-corrected chi connectivity index (χ4v) is 4.48. The van der Waals surface area contributed by atoms with Crippen LogP contribution in [0.3, 0.4) is 0 Å². The van der Waals surface area contributed by atoms with Gasteiger partial charge in [0.25, 0.3) is 0 Å². The molecular weight excluding hydrogens is 354 g/mol. The Bertz CT molecular complexity index is 691. The van der Waals surface area contributed by atoms with Gasteiger partial charge in [-0.2, -0.15) is 0 Å². The lowest BCUT2D eigenvalue weighted by atomic mass is 9.80. The first-order valence-corrected chi connectivity index (χ1v) is 10.7. The average molecular weight is 390 g/mol. The Labute approximate surface area is 168 Å². The standard InChI is InChI=1S/C21H35N5O2/c1-5-6-9-26-19(27)17(12-15(2)3)24-20(28)21(26)7-10-25(11-8-21)13-18-16(4)22-14-23-18/h14-15,17H,5-13H2,1-4H3,(H,22,23)(H,24,28). The molecule has 7 nitrogen and oxygen atoms in total. The van der Waals surface area contributed by atoms with E-state index >= 15 is 0 Å². The molecule has 3 heterocycles. The number of nitrogens with one attached hydrogen (secondary N) is 2. The molecule has 7 heteroatoms. The summed E-state index contributed by atoms with van der Waals surface area (Å²) in [4.78, 5) is 38.3. The fourth-order valence-electron chi connectivity index (χ4n) is 4.48. The van der Waals surface area contributed by atoms with E-state index in [0.717, 1.165) is 43.9 Å². The zero-order valence-corrected chi connectivity index (χ0v) is 17.8. The van der Waals surface area contributed by atoms with E-state index < -0.39 is 5.54 Å². The molecule has 1 aromatic rings. The molecule has 2 aliphatic rings. The highest BCUT2D eigenvalue weighted by molar-refractivity contribution is 6.00. The summed E-state index contributed by atoms with van der Waals surface area (Å²) in [5.74, 6) is 0.526. The lowest BCUT2D eigenvalue weighted by molar-refractivity contribution is -0.161. The Hall–Kier alpha value is -1.89. The van der Waals surface area contributed by atoms with Crippen LogP contribution in [0, 0.1) is 12.8 Å². The first kappa shape index (κ1) is 20.8. The van der Waals surface area contributed by atoms with Gasteiger partial charge in [-0.15, -0.1) is 0 Å². The van der Waals surface area contributed by atoms with Crippen LogP contribution in [0.25, 0.3) is 0 Å². The smallest absolute Gasteiger partial charge is 0.246 e. The quantitative estimate of drug-likeness (QED) is 0.749. The Balaban J connectivity index is 1.73. The number of carbonyl (C=O) groups excluding carboxylic acids is 2. The van der Waals surface area contributed by atoms with E-state index in [1.807, 2.05) is 11.8 Å². The zero-order valence-electron chi connectivity index (χ0n) is 17.8. The Morgan fingerprint density at radius 2 is 2.00 bits per heavy atom. The molecule has 0 bridgehead atoms. The maximum absolute atomic E-state index is 13.3. The summed E-state index contributed by atoms with van der Waals surface area (Å²) < 4.78 is 0. The van der Waals surface area contributed by atoms with Gasteiger partial charge in [-0.1, -0.05) is 27.2 Å². The number of H-pyrrole nitrogens is 1. The van der Waals surface area contributed by atoms with Crippen LogP contribution in [0.5, 0.6) is 0 Å². The summed E-state index contributed by atoms with van der Waals surface area (Å²) in [5.41, 5.74) is 1.46. The number of unbranched alkanes of at least 4 members (excludes halogenated alkanes) is 1. The number of piperazine rings is 1. The number of aromatic amines is 1. The molecule has 0 aromatic carbocycles. The predicted molar refractivity (Wildman–Crippen MR) is 109 cm³/mol. The molecule has 0 radical (unpaired) electrons. The van der Waals surface area contributed by atoms with Gasteiger partial charge in [0.15, 0.2) is 0 Å². The van der Waals surface area contributed by atoms with Gasteiger partial charge in [-0.3, -0.25) is 14.5 Å². The minimum absolute atomic E-state index is 0.0458. The number of hydrogen-bond acceptors (Lipinski definition) is 4. The van der Waals surface area contributed by atoms with Crippen molar-refractivity contribution in [3.05, 3.63) is 17.7 Å². The normalized spacial score (nSPS) is 22.9. The molecule has 1 spiro atoms. The molecule has 2 N–H and O–H groups in total. The molecule has 2 fully saturated rings. The van der Waals surface area contributed by atoms with Crippen molar-refractivity contribution in [2.24, 2.45) is 5.92 Å². The van der Waals surface area contributed by atoms with Crippen molar-refractivity contribution in [1.82, 2.24) is 25.1 Å². The first-order chi connectivity index (χ1) is 13.4. The minimum atomic E-state index is -0.684. The highest BCUT2D eigenvalue weighted by Crippen LogP contribution is 2.34. The van der Waals surface area contributed by atoms with E-state index in [9.17, 15) is 9.59 Å². The molecule has 2 saturated heterocycles. The van der Waals surface area contributed by atoms with Gasteiger partial charge in [0.2, 0.25) is 11.8 Å². The molecule has 0 aliphatic carbocycles. The van der Waals surface area contributed by atoms with Crippen LogP contribution >= 0.6 is 0 Å². The van der Waals surface area contributed by atoms with Crippen molar-refractivity contribution in [2.45, 2.75) is 77.9 Å². The number of aryl methyl sites for hydroxylation is 1. The molecule has 1 unspecified atom stereocenters. The number of nitrogens with zero attached hydrogens (tertiary/aromatic N) is 3. The molecular formula is C21H35N5O2. The minimum Gasteiger partial charge on any atom is -0.348 e. The number of aromatic nitrogens is 2. The van der Waals surface area contributed by atoms with Gasteiger partial charge >= 0.3 is 0 Å². The second-order valence-electron chi connectivity index (χ2n) is 8.78. The van der Waals surface area contributed by atoms with Crippen LogP contribution in [0.2, 0.25) is 0 Å². The number of carbonyl (C=O) groups is 2. The second-order valence-corrected chi connectivity index (χ2v) is 8.78. The van der Waals surface area contributed by atoms with Gasteiger partial charge in [0.1, 0.15) is 11.6 Å². The van der Waals surface area contributed by atoms with Gasteiger partial charge in [-0.05, 0) is 38.5 Å². The maximum atomic E-state index is 13.3. The summed E-state index contributed by atoms with van der Waals surface area (Å²) >= 11 is 0. The first-order valence-electron chi connectivity index (χ1n) is 10.7. The van der Waals surface area contributed by atoms with Crippen molar-refractivity contribution < 1.29 is 9.59 Å². The van der Waals surface area contributed by atoms with E-state index in [-0.39, 0.29) is 17.9 Å². The van der Waals surface area contributed by atoms with Gasteiger partial charge < -0.3 is 15.2 Å². The highest BCUT2D eigenvalue weighted by Gasteiger charge is 2.53. The van der Waals surface area contributed by atoms with Gasteiger partial charge in [0, 0.05) is 31.9 Å². The van der Waals surface area contributed by atoms with Gasteiger partial charge in [0.05, 0.1) is 12.0 Å². The molecule has 2 amide bonds. The number of imidazole rings is 1. The Morgan fingerprint density at radius 1 is 1.29 bits per heavy atom. The third kappa shape index (κ3) is 4.09. The summed E-state index contributed by atoms with van der Waals surface area (Å²) in [6.45, 7) is 11.4. The molecule has 1 atom stereocenters. The molecule has 3 rings (SSSR count). The van der Waals surface area contributed by atoms with Crippen LogP contribution in [-0.2, 0) is 16.1 Å². The van der Waals surface area contributed by atoms with Crippen LogP contribution in [0.1, 0.15) is 64.3 Å². The van der Waals surface area contributed by atoms with E-state index in [0.29, 0.717) is 31.7 Å². The van der Waals surface area contributed by atoms with E-state index in [2.05, 4.69) is 41.0 Å². The maximum Gasteiger partial charge on any atom is 0.246 e. The van der Waals surface area contributed by atoms with Crippen molar-refractivity contribution in [2.75, 3.05) is 19.6 Å². The van der Waals surface area contributed by atoms with Crippen LogP contribution in [0.15, 0.2) is 6.33 Å². The van der Waals surface area contributed by atoms with Crippen molar-refractivity contribution in [3.8, 4) is 0 Å². The predicted octanol–water partition coefficient (Wildman–Crippen LogP) is 2.23. The largest absolute Gasteiger partial charge is 0.348 e. The molecule has 0 saturated carbocycles. The second kappa shape index (κ2) is 8.64. The van der Waals surface area contributed by atoms with E-state index in [4.69, 9.17) is 0 Å². The number of amides is 2. The lowest BCUT2D eigenvalue weighted by Crippen LogP contribution is -2.73. The Kier molecular flexibility index (Phi) is 6.43. The number of rotatable bonds is 7. The topological polar surface area (TPSA) is 81.3 Å². The van der Waals surface area contributed by atoms with Crippen LogP contribution in [-0.4, -0.2) is 62.8 Å². The number of piperidine rings is 1. The molecule has 156 valence electrons. The van der Waals surface area contributed by atoms with Crippen molar-refractivity contribution >= 4 is 11.8 Å². The lowest BCUT2D eigenvalue weighted by Gasteiger charge is -2.52. The van der Waals surface area contributed by atoms with Crippen molar-refractivity contribution in [3.63, 3.8) is 0 Å². The van der Waals surface area contributed by atoms with E-state index in [1.165, 1.54) is 0 Å². The number of likely N-dealkylation sites (tertiary alicyclic amines) is 1. The monoisotopic (exact) mass is 389 g/mol. The summed E-state index contributed by atoms with van der Waals surface area (Å²) in [7, 11) is 0. The van der Waals surface area contributed by atoms with Gasteiger partial charge in [-0.25, -0.2) is 4.98 Å². The third-order valence-corrected chi connectivity index (χ3v) is 6.24.